The van der Waals surface area contributed by atoms with Crippen molar-refractivity contribution in [3.63, 3.8) is 0 Å². The standard InChI is InChI=1S/C12H11IN2O2/c13-10-3-1-9(2-4-10)12(16)15-5-6-17-11(7-14)8-15/h1-4,11H,5-6,8H2. The Hall–Kier alpha value is -1.13. The zero-order chi connectivity index (χ0) is 12.3. The molecule has 1 amide bonds. The largest absolute Gasteiger partial charge is 0.360 e. The minimum absolute atomic E-state index is 0.0371. The Labute approximate surface area is 113 Å². The van der Waals surface area contributed by atoms with Gasteiger partial charge < -0.3 is 9.64 Å². The predicted octanol–water partition coefficient (Wildman–Crippen LogP) is 1.66. The maximum absolute atomic E-state index is 12.1. The van der Waals surface area contributed by atoms with Gasteiger partial charge in [-0.15, -0.1) is 0 Å². The quantitative estimate of drug-likeness (QED) is 0.730. The number of carbonyl (C=O) groups excluding carboxylic acids is 1. The number of nitriles is 1. The van der Waals surface area contributed by atoms with E-state index in [9.17, 15) is 4.79 Å². The van der Waals surface area contributed by atoms with Crippen molar-refractivity contribution in [3.05, 3.63) is 33.4 Å². The molecule has 0 spiro atoms. The molecule has 0 aromatic heterocycles. The van der Waals surface area contributed by atoms with Crippen molar-refractivity contribution in [3.8, 4) is 6.07 Å². The number of carbonyl (C=O) groups is 1. The normalized spacial score (nSPS) is 19.8. The highest BCUT2D eigenvalue weighted by molar-refractivity contribution is 14.1. The fourth-order valence-electron chi connectivity index (χ4n) is 1.69. The summed E-state index contributed by atoms with van der Waals surface area (Å²) in [7, 11) is 0. The van der Waals surface area contributed by atoms with Gasteiger partial charge in [0.1, 0.15) is 0 Å². The summed E-state index contributed by atoms with van der Waals surface area (Å²) in [4.78, 5) is 13.8. The molecular formula is C12H11IN2O2. The first-order valence-electron chi connectivity index (χ1n) is 5.27. The first-order chi connectivity index (χ1) is 8.20. The summed E-state index contributed by atoms with van der Waals surface area (Å²) in [5.41, 5.74) is 0.656. The third-order valence-corrected chi connectivity index (χ3v) is 3.31. The average molecular weight is 342 g/mol. The number of benzene rings is 1. The number of rotatable bonds is 1. The second-order valence-corrected chi connectivity index (χ2v) is 4.99. The SMILES string of the molecule is N#CC1CN(C(=O)c2ccc(I)cc2)CCO1. The van der Waals surface area contributed by atoms with E-state index < -0.39 is 6.10 Å². The summed E-state index contributed by atoms with van der Waals surface area (Å²) < 4.78 is 6.30. The van der Waals surface area contributed by atoms with E-state index in [4.69, 9.17) is 10.00 Å². The second-order valence-electron chi connectivity index (χ2n) is 3.75. The number of ether oxygens (including phenoxy) is 1. The Kier molecular flexibility index (Phi) is 3.97. The van der Waals surface area contributed by atoms with E-state index in [1.54, 1.807) is 17.0 Å². The molecule has 5 heteroatoms. The van der Waals surface area contributed by atoms with Crippen molar-refractivity contribution in [1.29, 1.82) is 5.26 Å². The van der Waals surface area contributed by atoms with Crippen molar-refractivity contribution in [2.45, 2.75) is 6.10 Å². The smallest absolute Gasteiger partial charge is 0.254 e. The van der Waals surface area contributed by atoms with E-state index in [1.807, 2.05) is 18.2 Å². The Bertz CT molecular complexity index is 453. The van der Waals surface area contributed by atoms with Crippen molar-refractivity contribution in [2.75, 3.05) is 19.7 Å². The topological polar surface area (TPSA) is 53.3 Å². The lowest BCUT2D eigenvalue weighted by molar-refractivity contribution is 0.00347. The Morgan fingerprint density at radius 3 is 2.82 bits per heavy atom. The van der Waals surface area contributed by atoms with Crippen LogP contribution in [0.3, 0.4) is 0 Å². The molecule has 1 heterocycles. The van der Waals surface area contributed by atoms with Gasteiger partial charge in [-0.2, -0.15) is 5.26 Å². The van der Waals surface area contributed by atoms with Crippen LogP contribution in [0.4, 0.5) is 0 Å². The highest BCUT2D eigenvalue weighted by Gasteiger charge is 2.24. The summed E-state index contributed by atoms with van der Waals surface area (Å²) in [6, 6.07) is 9.44. The molecule has 4 nitrogen and oxygen atoms in total. The Morgan fingerprint density at radius 1 is 1.47 bits per heavy atom. The van der Waals surface area contributed by atoms with Gasteiger partial charge in [0.25, 0.3) is 5.91 Å². The Balaban J connectivity index is 2.09. The minimum atomic E-state index is -0.503. The second kappa shape index (κ2) is 5.47. The zero-order valence-corrected chi connectivity index (χ0v) is 11.3. The summed E-state index contributed by atoms with van der Waals surface area (Å²) in [5.74, 6) is -0.0371. The van der Waals surface area contributed by atoms with E-state index in [0.29, 0.717) is 25.3 Å². The van der Waals surface area contributed by atoms with Gasteiger partial charge in [0.15, 0.2) is 6.10 Å². The number of hydrogen-bond donors (Lipinski definition) is 0. The molecule has 1 aromatic carbocycles. The molecule has 1 unspecified atom stereocenters. The maximum Gasteiger partial charge on any atom is 0.254 e. The van der Waals surface area contributed by atoms with E-state index in [2.05, 4.69) is 22.6 Å². The first-order valence-corrected chi connectivity index (χ1v) is 6.34. The van der Waals surface area contributed by atoms with Crippen LogP contribution in [-0.4, -0.2) is 36.6 Å². The predicted molar refractivity (Wildman–Crippen MR) is 70.4 cm³/mol. The van der Waals surface area contributed by atoms with E-state index >= 15 is 0 Å². The molecule has 17 heavy (non-hydrogen) atoms. The van der Waals surface area contributed by atoms with Crippen LogP contribution in [-0.2, 0) is 4.74 Å². The van der Waals surface area contributed by atoms with Gasteiger partial charge in [-0.05, 0) is 46.9 Å². The molecule has 0 aliphatic carbocycles. The van der Waals surface area contributed by atoms with Gasteiger partial charge >= 0.3 is 0 Å². The number of morpholine rings is 1. The van der Waals surface area contributed by atoms with Gasteiger partial charge in [-0.25, -0.2) is 0 Å². The van der Waals surface area contributed by atoms with Crippen LogP contribution in [0.15, 0.2) is 24.3 Å². The Morgan fingerprint density at radius 2 is 2.18 bits per heavy atom. The number of nitrogens with zero attached hydrogens (tertiary/aromatic N) is 2. The molecule has 2 rings (SSSR count). The minimum Gasteiger partial charge on any atom is -0.360 e. The van der Waals surface area contributed by atoms with E-state index in [0.717, 1.165) is 3.57 Å². The lowest BCUT2D eigenvalue weighted by atomic mass is 10.2. The van der Waals surface area contributed by atoms with Crippen LogP contribution in [0.5, 0.6) is 0 Å². The molecule has 0 radical (unpaired) electrons. The molecule has 1 fully saturated rings. The summed E-state index contributed by atoms with van der Waals surface area (Å²) >= 11 is 2.20. The van der Waals surface area contributed by atoms with E-state index in [1.165, 1.54) is 0 Å². The highest BCUT2D eigenvalue weighted by Crippen LogP contribution is 2.12. The molecule has 1 aliphatic heterocycles. The van der Waals surface area contributed by atoms with Gasteiger partial charge in [0.05, 0.1) is 19.2 Å². The number of hydrogen-bond acceptors (Lipinski definition) is 3. The molecule has 1 atom stereocenters. The van der Waals surface area contributed by atoms with Crippen molar-refractivity contribution in [1.82, 2.24) is 4.90 Å². The molecule has 0 saturated carbocycles. The maximum atomic E-state index is 12.1. The lowest BCUT2D eigenvalue weighted by Crippen LogP contribution is -2.45. The van der Waals surface area contributed by atoms with Crippen molar-refractivity contribution >= 4 is 28.5 Å². The van der Waals surface area contributed by atoms with Crippen molar-refractivity contribution < 1.29 is 9.53 Å². The van der Waals surface area contributed by atoms with Crippen LogP contribution in [0.25, 0.3) is 0 Å². The van der Waals surface area contributed by atoms with Crippen LogP contribution in [0, 0.1) is 14.9 Å². The van der Waals surface area contributed by atoms with Crippen LogP contribution in [0.2, 0.25) is 0 Å². The molecule has 1 aliphatic rings. The third kappa shape index (κ3) is 2.96. The number of amides is 1. The molecule has 88 valence electrons. The summed E-state index contributed by atoms with van der Waals surface area (Å²) in [6.45, 7) is 1.32. The highest BCUT2D eigenvalue weighted by atomic mass is 127. The zero-order valence-electron chi connectivity index (χ0n) is 9.10. The lowest BCUT2D eigenvalue weighted by Gasteiger charge is -2.29. The fraction of sp³-hybridized carbons (Fsp3) is 0.333. The molecule has 0 bridgehead atoms. The van der Waals surface area contributed by atoms with Gasteiger partial charge in [-0.3, -0.25) is 4.79 Å². The molecular weight excluding hydrogens is 331 g/mol. The average Bonchev–Trinajstić information content (AvgIpc) is 2.39. The van der Waals surface area contributed by atoms with Crippen LogP contribution >= 0.6 is 22.6 Å². The molecule has 1 aromatic rings. The summed E-state index contributed by atoms with van der Waals surface area (Å²) in [5, 5.41) is 8.78. The monoisotopic (exact) mass is 342 g/mol. The van der Waals surface area contributed by atoms with Gasteiger partial charge in [0, 0.05) is 15.7 Å². The fourth-order valence-corrected chi connectivity index (χ4v) is 2.05. The van der Waals surface area contributed by atoms with Gasteiger partial charge in [0.2, 0.25) is 0 Å². The van der Waals surface area contributed by atoms with Crippen LogP contribution in [0.1, 0.15) is 10.4 Å². The van der Waals surface area contributed by atoms with E-state index in [-0.39, 0.29) is 5.91 Å². The van der Waals surface area contributed by atoms with Crippen LogP contribution < -0.4 is 0 Å². The van der Waals surface area contributed by atoms with Gasteiger partial charge in [-0.1, -0.05) is 0 Å². The molecule has 0 N–H and O–H groups in total. The third-order valence-electron chi connectivity index (χ3n) is 2.59. The molecule has 1 saturated heterocycles. The summed E-state index contributed by atoms with van der Waals surface area (Å²) in [6.07, 6.45) is -0.503. The van der Waals surface area contributed by atoms with Crippen molar-refractivity contribution in [2.24, 2.45) is 0 Å². The first kappa shape index (κ1) is 12.3. The number of halogens is 1.